The summed E-state index contributed by atoms with van der Waals surface area (Å²) in [6, 6.07) is 12.3. The molecule has 0 radical (unpaired) electrons. The van der Waals surface area contributed by atoms with Crippen LogP contribution >= 0.6 is 0 Å². The molecule has 0 saturated heterocycles. The first-order valence-electron chi connectivity index (χ1n) is 8.90. The highest BCUT2D eigenvalue weighted by Crippen LogP contribution is 2.22. The van der Waals surface area contributed by atoms with Gasteiger partial charge in [-0.2, -0.15) is 0 Å². The Balaban J connectivity index is 2.09. The maximum atomic E-state index is 12.5. The second-order valence-electron chi connectivity index (χ2n) is 6.27. The van der Waals surface area contributed by atoms with Crippen LogP contribution in [0, 0.1) is 0 Å². The van der Waals surface area contributed by atoms with Crippen LogP contribution in [0.25, 0.3) is 0 Å². The van der Waals surface area contributed by atoms with Crippen LogP contribution in [0.5, 0.6) is 5.75 Å². The molecule has 0 aliphatic rings. The molecule has 1 amide bonds. The SMILES string of the molecule is CCOC(=O)c1ccc(NC(=O)C[C@@H](NS(C)(=O)=O)c2ccc(OC)cc2)cc1. The third-order valence-electron chi connectivity index (χ3n) is 3.94. The molecule has 8 nitrogen and oxygen atoms in total. The largest absolute Gasteiger partial charge is 0.497 e. The summed E-state index contributed by atoms with van der Waals surface area (Å²) in [7, 11) is -2.01. The fourth-order valence-electron chi connectivity index (χ4n) is 2.62. The lowest BCUT2D eigenvalue weighted by Gasteiger charge is -2.18. The number of sulfonamides is 1. The number of anilines is 1. The molecule has 0 bridgehead atoms. The number of benzene rings is 2. The normalized spacial score (nSPS) is 12.1. The summed E-state index contributed by atoms with van der Waals surface area (Å²) >= 11 is 0. The lowest BCUT2D eigenvalue weighted by molar-refractivity contribution is -0.116. The molecule has 0 heterocycles. The monoisotopic (exact) mass is 420 g/mol. The van der Waals surface area contributed by atoms with Crippen molar-refractivity contribution >= 4 is 27.6 Å². The lowest BCUT2D eigenvalue weighted by atomic mass is 10.0. The predicted octanol–water partition coefficient (Wildman–Crippen LogP) is 2.49. The Morgan fingerprint density at radius 2 is 1.66 bits per heavy atom. The number of amides is 1. The minimum Gasteiger partial charge on any atom is -0.497 e. The maximum Gasteiger partial charge on any atom is 0.338 e. The molecule has 0 aliphatic heterocycles. The second kappa shape index (κ2) is 10.0. The molecule has 2 N–H and O–H groups in total. The van der Waals surface area contributed by atoms with Crippen LogP contribution in [0.2, 0.25) is 0 Å². The van der Waals surface area contributed by atoms with E-state index < -0.39 is 22.0 Å². The Morgan fingerprint density at radius 1 is 1.03 bits per heavy atom. The zero-order chi connectivity index (χ0) is 21.4. The molecule has 2 aromatic rings. The number of carbonyl (C=O) groups excluding carboxylic acids is 2. The molecule has 2 rings (SSSR count). The van der Waals surface area contributed by atoms with Crippen LogP contribution < -0.4 is 14.8 Å². The topological polar surface area (TPSA) is 111 Å². The summed E-state index contributed by atoms with van der Waals surface area (Å²) in [5.41, 5.74) is 1.49. The van der Waals surface area contributed by atoms with Gasteiger partial charge in [0.25, 0.3) is 0 Å². The summed E-state index contributed by atoms with van der Waals surface area (Å²) in [4.78, 5) is 24.1. The van der Waals surface area contributed by atoms with Gasteiger partial charge in [0.05, 0.1) is 31.6 Å². The van der Waals surface area contributed by atoms with Gasteiger partial charge in [-0.15, -0.1) is 0 Å². The van der Waals surface area contributed by atoms with Crippen LogP contribution in [-0.4, -0.2) is 40.3 Å². The van der Waals surface area contributed by atoms with E-state index in [9.17, 15) is 18.0 Å². The van der Waals surface area contributed by atoms with Gasteiger partial charge < -0.3 is 14.8 Å². The Kier molecular flexibility index (Phi) is 7.74. The van der Waals surface area contributed by atoms with E-state index >= 15 is 0 Å². The van der Waals surface area contributed by atoms with Gasteiger partial charge >= 0.3 is 5.97 Å². The van der Waals surface area contributed by atoms with Gasteiger partial charge in [-0.05, 0) is 48.9 Å². The van der Waals surface area contributed by atoms with Crippen molar-refractivity contribution in [2.24, 2.45) is 0 Å². The van der Waals surface area contributed by atoms with E-state index in [1.54, 1.807) is 55.5 Å². The smallest absolute Gasteiger partial charge is 0.338 e. The van der Waals surface area contributed by atoms with Crippen molar-refractivity contribution in [2.45, 2.75) is 19.4 Å². The highest BCUT2D eigenvalue weighted by Gasteiger charge is 2.20. The molecule has 0 unspecified atom stereocenters. The number of nitrogens with one attached hydrogen (secondary N) is 2. The minimum atomic E-state index is -3.54. The van der Waals surface area contributed by atoms with E-state index in [1.165, 1.54) is 7.11 Å². The predicted molar refractivity (Wildman–Crippen MR) is 109 cm³/mol. The van der Waals surface area contributed by atoms with Crippen molar-refractivity contribution in [3.8, 4) is 5.75 Å². The summed E-state index contributed by atoms with van der Waals surface area (Å²) in [6.45, 7) is 1.99. The fraction of sp³-hybridized carbons (Fsp3) is 0.300. The van der Waals surface area contributed by atoms with E-state index in [1.807, 2.05) is 0 Å². The van der Waals surface area contributed by atoms with Crippen molar-refractivity contribution in [3.63, 3.8) is 0 Å². The molecule has 0 aliphatic carbocycles. The number of esters is 1. The Morgan fingerprint density at radius 3 is 2.17 bits per heavy atom. The van der Waals surface area contributed by atoms with Gasteiger partial charge in [-0.3, -0.25) is 4.79 Å². The number of carbonyl (C=O) groups is 2. The van der Waals surface area contributed by atoms with Gasteiger partial charge in [-0.1, -0.05) is 12.1 Å². The number of rotatable bonds is 9. The molecule has 9 heteroatoms. The standard InChI is InChI=1S/C20H24N2O6S/c1-4-28-20(24)15-5-9-16(10-6-15)21-19(23)13-18(22-29(3,25)26)14-7-11-17(27-2)12-8-14/h5-12,18,22H,4,13H2,1-3H3,(H,21,23)/t18-/m1/s1. The van der Waals surface area contributed by atoms with Crippen molar-refractivity contribution in [2.75, 3.05) is 25.3 Å². The Labute approximate surface area is 170 Å². The molecule has 0 fully saturated rings. The fourth-order valence-corrected chi connectivity index (χ4v) is 3.36. The van der Waals surface area contributed by atoms with Crippen molar-refractivity contribution in [1.82, 2.24) is 4.72 Å². The molecule has 0 saturated carbocycles. The highest BCUT2D eigenvalue weighted by molar-refractivity contribution is 7.88. The van der Waals surface area contributed by atoms with Crippen LogP contribution in [0.4, 0.5) is 5.69 Å². The van der Waals surface area contributed by atoms with Crippen LogP contribution in [-0.2, 0) is 19.6 Å². The first-order valence-corrected chi connectivity index (χ1v) is 10.8. The van der Waals surface area contributed by atoms with E-state index in [0.29, 0.717) is 22.6 Å². The first kappa shape index (κ1) is 22.4. The average molecular weight is 420 g/mol. The van der Waals surface area contributed by atoms with Crippen molar-refractivity contribution in [3.05, 3.63) is 59.7 Å². The second-order valence-corrected chi connectivity index (χ2v) is 8.05. The highest BCUT2D eigenvalue weighted by atomic mass is 32.2. The molecule has 156 valence electrons. The zero-order valence-corrected chi connectivity index (χ0v) is 17.3. The number of methoxy groups -OCH3 is 1. The molecule has 1 atom stereocenters. The molecule has 0 spiro atoms. The minimum absolute atomic E-state index is 0.112. The summed E-state index contributed by atoms with van der Waals surface area (Å²) in [5.74, 6) is -0.203. The van der Waals surface area contributed by atoms with Crippen molar-refractivity contribution < 1.29 is 27.5 Å². The van der Waals surface area contributed by atoms with Gasteiger partial charge in [0.15, 0.2) is 0 Å². The Hall–Kier alpha value is -2.91. The van der Waals surface area contributed by atoms with Gasteiger partial charge in [0, 0.05) is 12.1 Å². The third-order valence-corrected chi connectivity index (χ3v) is 4.66. The van der Waals surface area contributed by atoms with E-state index in [4.69, 9.17) is 9.47 Å². The molecule has 0 aromatic heterocycles. The number of ether oxygens (including phenoxy) is 2. The Bertz CT molecular complexity index is 940. The zero-order valence-electron chi connectivity index (χ0n) is 16.5. The van der Waals surface area contributed by atoms with Crippen LogP contribution in [0.3, 0.4) is 0 Å². The van der Waals surface area contributed by atoms with Crippen LogP contribution in [0.15, 0.2) is 48.5 Å². The van der Waals surface area contributed by atoms with Gasteiger partial charge in [0.1, 0.15) is 5.75 Å². The van der Waals surface area contributed by atoms with Crippen LogP contribution in [0.1, 0.15) is 35.3 Å². The summed E-state index contributed by atoms with van der Waals surface area (Å²) in [5, 5.41) is 2.70. The molecule has 2 aromatic carbocycles. The van der Waals surface area contributed by atoms with E-state index in [-0.39, 0.29) is 18.9 Å². The third kappa shape index (κ3) is 7.20. The van der Waals surface area contributed by atoms with Gasteiger partial charge in [-0.25, -0.2) is 17.9 Å². The molecule has 29 heavy (non-hydrogen) atoms. The first-order chi connectivity index (χ1) is 13.7. The molecular weight excluding hydrogens is 396 g/mol. The lowest BCUT2D eigenvalue weighted by Crippen LogP contribution is -2.30. The summed E-state index contributed by atoms with van der Waals surface area (Å²) < 4.78 is 35.9. The quantitative estimate of drug-likeness (QED) is 0.603. The van der Waals surface area contributed by atoms with Gasteiger partial charge in [0.2, 0.25) is 15.9 Å². The molecular formula is C20H24N2O6S. The average Bonchev–Trinajstić information content (AvgIpc) is 2.67. The van der Waals surface area contributed by atoms with E-state index in [2.05, 4.69) is 10.0 Å². The summed E-state index contributed by atoms with van der Waals surface area (Å²) in [6.07, 6.45) is 0.925. The number of hydrogen-bond donors (Lipinski definition) is 2. The maximum absolute atomic E-state index is 12.5. The van der Waals surface area contributed by atoms with E-state index in [0.717, 1.165) is 6.26 Å². The van der Waals surface area contributed by atoms with Crippen molar-refractivity contribution in [1.29, 1.82) is 0 Å². The number of hydrogen-bond acceptors (Lipinski definition) is 6.